The number of ether oxygens (including phenoxy) is 1. The summed E-state index contributed by atoms with van der Waals surface area (Å²) in [6.07, 6.45) is 5.32. The van der Waals surface area contributed by atoms with Gasteiger partial charge in [0.05, 0.1) is 13.2 Å². The SMILES string of the molecule is CCCNC1COCC1CN(CCC)C1CC1. The van der Waals surface area contributed by atoms with E-state index in [1.54, 1.807) is 0 Å². The van der Waals surface area contributed by atoms with Gasteiger partial charge in [-0.3, -0.25) is 4.90 Å². The van der Waals surface area contributed by atoms with Crippen molar-refractivity contribution in [3.05, 3.63) is 0 Å². The first-order valence-corrected chi connectivity index (χ1v) is 7.40. The van der Waals surface area contributed by atoms with Crippen LogP contribution in [-0.4, -0.2) is 49.8 Å². The van der Waals surface area contributed by atoms with Crippen molar-refractivity contribution in [3.8, 4) is 0 Å². The van der Waals surface area contributed by atoms with Crippen molar-refractivity contribution >= 4 is 0 Å². The van der Waals surface area contributed by atoms with Crippen LogP contribution in [0.15, 0.2) is 0 Å². The molecule has 100 valence electrons. The molecule has 2 rings (SSSR count). The zero-order valence-corrected chi connectivity index (χ0v) is 11.5. The molecule has 0 aromatic heterocycles. The molecule has 1 heterocycles. The van der Waals surface area contributed by atoms with E-state index in [0.29, 0.717) is 12.0 Å². The van der Waals surface area contributed by atoms with Gasteiger partial charge in [0, 0.05) is 24.5 Å². The van der Waals surface area contributed by atoms with Crippen LogP contribution in [0.4, 0.5) is 0 Å². The van der Waals surface area contributed by atoms with E-state index in [0.717, 1.165) is 25.8 Å². The Balaban J connectivity index is 1.78. The maximum absolute atomic E-state index is 5.66. The lowest BCUT2D eigenvalue weighted by Crippen LogP contribution is -2.42. The molecule has 2 fully saturated rings. The molecule has 2 aliphatic rings. The molecular formula is C14H28N2O. The van der Waals surface area contributed by atoms with Gasteiger partial charge in [0.2, 0.25) is 0 Å². The summed E-state index contributed by atoms with van der Waals surface area (Å²) in [4.78, 5) is 2.69. The minimum absolute atomic E-state index is 0.591. The summed E-state index contributed by atoms with van der Waals surface area (Å²) < 4.78 is 5.66. The second-order valence-corrected chi connectivity index (χ2v) is 5.58. The Morgan fingerprint density at radius 1 is 1.18 bits per heavy atom. The molecule has 1 saturated carbocycles. The van der Waals surface area contributed by atoms with Gasteiger partial charge in [-0.2, -0.15) is 0 Å². The van der Waals surface area contributed by atoms with Crippen LogP contribution in [0.25, 0.3) is 0 Å². The van der Waals surface area contributed by atoms with Crippen molar-refractivity contribution in [2.24, 2.45) is 5.92 Å². The first-order valence-electron chi connectivity index (χ1n) is 7.40. The molecule has 0 bridgehead atoms. The molecule has 0 radical (unpaired) electrons. The van der Waals surface area contributed by atoms with Gasteiger partial charge >= 0.3 is 0 Å². The van der Waals surface area contributed by atoms with Gasteiger partial charge in [-0.25, -0.2) is 0 Å². The minimum atomic E-state index is 0.591. The average Bonchev–Trinajstić information content (AvgIpc) is 3.08. The van der Waals surface area contributed by atoms with E-state index in [9.17, 15) is 0 Å². The fraction of sp³-hybridized carbons (Fsp3) is 1.00. The maximum Gasteiger partial charge on any atom is 0.0623 e. The highest BCUT2D eigenvalue weighted by Gasteiger charge is 2.34. The molecule has 1 N–H and O–H groups in total. The van der Waals surface area contributed by atoms with E-state index in [4.69, 9.17) is 4.74 Å². The number of hydrogen-bond acceptors (Lipinski definition) is 3. The third-order valence-electron chi connectivity index (χ3n) is 3.90. The van der Waals surface area contributed by atoms with Gasteiger partial charge in [-0.1, -0.05) is 13.8 Å². The van der Waals surface area contributed by atoms with E-state index in [1.807, 2.05) is 0 Å². The molecule has 17 heavy (non-hydrogen) atoms. The van der Waals surface area contributed by atoms with Crippen LogP contribution in [0.1, 0.15) is 39.5 Å². The number of hydrogen-bond donors (Lipinski definition) is 1. The van der Waals surface area contributed by atoms with Crippen molar-refractivity contribution in [1.82, 2.24) is 10.2 Å². The fourth-order valence-electron chi connectivity index (χ4n) is 2.78. The van der Waals surface area contributed by atoms with Crippen molar-refractivity contribution < 1.29 is 4.74 Å². The van der Waals surface area contributed by atoms with E-state index in [2.05, 4.69) is 24.1 Å². The third-order valence-corrected chi connectivity index (χ3v) is 3.90. The summed E-state index contributed by atoms with van der Waals surface area (Å²) in [6.45, 7) is 10.0. The summed E-state index contributed by atoms with van der Waals surface area (Å²) in [6, 6.07) is 1.48. The van der Waals surface area contributed by atoms with E-state index in [-0.39, 0.29) is 0 Å². The lowest BCUT2D eigenvalue weighted by atomic mass is 10.0. The highest BCUT2D eigenvalue weighted by molar-refractivity contribution is 4.89. The van der Waals surface area contributed by atoms with Crippen molar-refractivity contribution in [3.63, 3.8) is 0 Å². The molecule has 2 unspecified atom stereocenters. The van der Waals surface area contributed by atoms with Crippen LogP contribution < -0.4 is 5.32 Å². The number of rotatable bonds is 8. The first-order chi connectivity index (χ1) is 8.35. The second kappa shape index (κ2) is 6.72. The van der Waals surface area contributed by atoms with Crippen molar-refractivity contribution in [2.45, 2.75) is 51.6 Å². The van der Waals surface area contributed by atoms with Gasteiger partial charge in [0.15, 0.2) is 0 Å². The zero-order chi connectivity index (χ0) is 12.1. The van der Waals surface area contributed by atoms with Gasteiger partial charge in [-0.05, 0) is 38.8 Å². The Morgan fingerprint density at radius 2 is 2.00 bits per heavy atom. The van der Waals surface area contributed by atoms with Gasteiger partial charge < -0.3 is 10.1 Å². The van der Waals surface area contributed by atoms with Crippen LogP contribution in [-0.2, 0) is 4.74 Å². The van der Waals surface area contributed by atoms with Crippen molar-refractivity contribution in [2.75, 3.05) is 32.8 Å². The molecule has 3 nitrogen and oxygen atoms in total. The van der Waals surface area contributed by atoms with Gasteiger partial charge in [0.1, 0.15) is 0 Å². The Kier molecular flexibility index (Phi) is 5.26. The molecule has 0 aromatic carbocycles. The van der Waals surface area contributed by atoms with Crippen LogP contribution >= 0.6 is 0 Å². The number of nitrogens with zero attached hydrogens (tertiary/aromatic N) is 1. The highest BCUT2D eigenvalue weighted by Crippen LogP contribution is 2.29. The summed E-state index contributed by atoms with van der Waals surface area (Å²) in [5, 5.41) is 3.64. The lowest BCUT2D eigenvalue weighted by molar-refractivity contribution is 0.164. The van der Waals surface area contributed by atoms with Crippen LogP contribution in [0.2, 0.25) is 0 Å². The molecule has 3 heteroatoms. The predicted molar refractivity (Wildman–Crippen MR) is 71.3 cm³/mol. The minimum Gasteiger partial charge on any atom is -0.379 e. The molecular weight excluding hydrogens is 212 g/mol. The molecule has 1 saturated heterocycles. The lowest BCUT2D eigenvalue weighted by Gasteiger charge is -2.27. The van der Waals surface area contributed by atoms with E-state index in [1.165, 1.54) is 38.8 Å². The maximum atomic E-state index is 5.66. The summed E-state index contributed by atoms with van der Waals surface area (Å²) >= 11 is 0. The molecule has 0 amide bonds. The number of nitrogens with one attached hydrogen (secondary N) is 1. The molecule has 2 atom stereocenters. The van der Waals surface area contributed by atoms with Gasteiger partial charge in [0.25, 0.3) is 0 Å². The predicted octanol–water partition coefficient (Wildman–Crippen LogP) is 1.88. The van der Waals surface area contributed by atoms with E-state index >= 15 is 0 Å². The third kappa shape index (κ3) is 3.94. The topological polar surface area (TPSA) is 24.5 Å². The quantitative estimate of drug-likeness (QED) is 0.701. The molecule has 0 aromatic rings. The Morgan fingerprint density at radius 3 is 2.65 bits per heavy atom. The highest BCUT2D eigenvalue weighted by atomic mass is 16.5. The monoisotopic (exact) mass is 240 g/mol. The molecule has 1 aliphatic heterocycles. The van der Waals surface area contributed by atoms with Crippen LogP contribution in [0.5, 0.6) is 0 Å². The zero-order valence-electron chi connectivity index (χ0n) is 11.5. The van der Waals surface area contributed by atoms with Gasteiger partial charge in [-0.15, -0.1) is 0 Å². The average molecular weight is 240 g/mol. The standard InChI is InChI=1S/C14H28N2O/c1-3-7-15-14-11-17-10-12(14)9-16(8-4-2)13-5-6-13/h12-15H,3-11H2,1-2H3. The smallest absolute Gasteiger partial charge is 0.0623 e. The molecule has 0 spiro atoms. The Hall–Kier alpha value is -0.120. The molecule has 1 aliphatic carbocycles. The van der Waals surface area contributed by atoms with Crippen LogP contribution in [0, 0.1) is 5.92 Å². The van der Waals surface area contributed by atoms with E-state index < -0.39 is 0 Å². The van der Waals surface area contributed by atoms with Crippen LogP contribution in [0.3, 0.4) is 0 Å². The summed E-state index contributed by atoms with van der Waals surface area (Å²) in [7, 11) is 0. The summed E-state index contributed by atoms with van der Waals surface area (Å²) in [5.74, 6) is 0.702. The van der Waals surface area contributed by atoms with Crippen molar-refractivity contribution in [1.29, 1.82) is 0 Å². The normalized spacial score (nSPS) is 29.1. The first kappa shape index (κ1) is 13.3. The fourth-order valence-corrected chi connectivity index (χ4v) is 2.78. The largest absolute Gasteiger partial charge is 0.379 e. The summed E-state index contributed by atoms with van der Waals surface area (Å²) in [5.41, 5.74) is 0. The Labute approximate surface area is 106 Å². The second-order valence-electron chi connectivity index (χ2n) is 5.58. The Bertz CT molecular complexity index is 218.